The number of aromatic nitrogens is 2. The number of anilines is 1. The van der Waals surface area contributed by atoms with Gasteiger partial charge in [-0.2, -0.15) is 18.3 Å². The van der Waals surface area contributed by atoms with Gasteiger partial charge in [-0.05, 0) is 44.4 Å². The fraction of sp³-hybridized carbons (Fsp3) is 0.467. The Bertz CT molecular complexity index is 1650. The topological polar surface area (TPSA) is 124 Å². The molecule has 4 N–H and O–H groups in total. The molecule has 2 fully saturated rings. The Balaban J connectivity index is 1.12. The molecule has 11 nitrogen and oxygen atoms in total. The number of nitrogens with zero attached hydrogens (tertiary/aromatic N) is 6. The minimum atomic E-state index is -4.89. The van der Waals surface area contributed by atoms with Gasteiger partial charge in [0.2, 0.25) is 5.91 Å². The summed E-state index contributed by atoms with van der Waals surface area (Å²) >= 11 is 6.56. The third-order valence-corrected chi connectivity index (χ3v) is 9.22. The first-order chi connectivity index (χ1) is 22.2. The van der Waals surface area contributed by atoms with Crippen molar-refractivity contribution in [2.75, 3.05) is 31.5 Å². The molecule has 4 heterocycles. The molecule has 17 heteroatoms. The van der Waals surface area contributed by atoms with E-state index in [2.05, 4.69) is 20.7 Å². The highest BCUT2D eigenvalue weighted by Crippen LogP contribution is 2.40. The number of nitrogens with one attached hydrogen (secondary N) is 2. The molecule has 2 amide bonds. The Morgan fingerprint density at radius 2 is 1.89 bits per heavy atom. The zero-order chi connectivity index (χ0) is 33.7. The highest BCUT2D eigenvalue weighted by Gasteiger charge is 2.47. The number of amidine groups is 1. The number of hydrogen-bond acceptors (Lipinski definition) is 8. The zero-order valence-electron chi connectivity index (χ0n) is 25.3. The number of halogens is 6. The Kier molecular flexibility index (Phi) is 8.67. The van der Waals surface area contributed by atoms with Crippen LogP contribution in [-0.4, -0.2) is 86.4 Å². The number of benzene rings is 1. The van der Waals surface area contributed by atoms with Crippen molar-refractivity contribution in [1.29, 1.82) is 0 Å². The standard InChI is InChI=1S/C30H33ClF5N9O2/c1-29-28(38-6-7-45(29)23(14-39-29)21-15-44(16-24(32)33)41-25(21)30(34,35)36)40-19-4-5-20(22(31)13-19)27(47)43-10-8-42(9-11-43)26(46)17-2-3-18(37)12-17/h4-7,13-15,17-18,24,39H,2-3,8-12,16,37H2,1H3,(H,38,40)/t17-,18-,29?/m1/s1. The van der Waals surface area contributed by atoms with E-state index in [4.69, 9.17) is 17.3 Å². The molecule has 47 heavy (non-hydrogen) atoms. The van der Waals surface area contributed by atoms with E-state index >= 15 is 0 Å². The smallest absolute Gasteiger partial charge is 0.361 e. The quantitative estimate of drug-likeness (QED) is 0.392. The zero-order valence-corrected chi connectivity index (χ0v) is 26.0. The molecular weight excluding hydrogens is 649 g/mol. The number of carbonyl (C=O) groups excluding carboxylic acids is 2. The molecule has 3 aliphatic heterocycles. The van der Waals surface area contributed by atoms with Gasteiger partial charge >= 0.3 is 6.18 Å². The van der Waals surface area contributed by atoms with E-state index in [0.29, 0.717) is 48.8 Å². The third kappa shape index (κ3) is 6.40. The summed E-state index contributed by atoms with van der Waals surface area (Å²) in [6, 6.07) is 4.81. The monoisotopic (exact) mass is 681 g/mol. The van der Waals surface area contributed by atoms with Gasteiger partial charge in [-0.1, -0.05) is 11.6 Å². The lowest BCUT2D eigenvalue weighted by Crippen LogP contribution is -2.57. The fourth-order valence-corrected chi connectivity index (χ4v) is 6.68. The van der Waals surface area contributed by atoms with Gasteiger partial charge in [0.25, 0.3) is 12.3 Å². The lowest BCUT2D eigenvalue weighted by Gasteiger charge is -2.39. The van der Waals surface area contributed by atoms with Crippen molar-refractivity contribution in [3.05, 3.63) is 64.8 Å². The van der Waals surface area contributed by atoms with Crippen LogP contribution in [0.25, 0.3) is 5.70 Å². The van der Waals surface area contributed by atoms with Crippen LogP contribution in [0.4, 0.5) is 27.6 Å². The summed E-state index contributed by atoms with van der Waals surface area (Å²) in [6.45, 7) is 2.28. The second kappa shape index (κ2) is 12.4. The van der Waals surface area contributed by atoms with Gasteiger partial charge in [-0.3, -0.25) is 14.3 Å². The maximum absolute atomic E-state index is 13.9. The van der Waals surface area contributed by atoms with E-state index in [1.165, 1.54) is 23.5 Å². The van der Waals surface area contributed by atoms with Crippen LogP contribution in [0.1, 0.15) is 47.8 Å². The molecule has 3 atom stereocenters. The van der Waals surface area contributed by atoms with E-state index in [0.717, 1.165) is 19.0 Å². The molecule has 1 saturated heterocycles. The summed E-state index contributed by atoms with van der Waals surface area (Å²) < 4.78 is 68.1. The van der Waals surface area contributed by atoms with Crippen molar-refractivity contribution in [3.63, 3.8) is 0 Å². The Morgan fingerprint density at radius 1 is 1.17 bits per heavy atom. The number of aliphatic imine (C=N–C) groups is 1. The molecule has 1 unspecified atom stereocenters. The van der Waals surface area contributed by atoms with Gasteiger partial charge < -0.3 is 31.1 Å². The summed E-state index contributed by atoms with van der Waals surface area (Å²) in [6.07, 6.45) is -0.321. The van der Waals surface area contributed by atoms with Gasteiger partial charge in [0, 0.05) is 68.6 Å². The Morgan fingerprint density at radius 3 is 2.53 bits per heavy atom. The van der Waals surface area contributed by atoms with E-state index < -0.39 is 30.5 Å². The second-order valence-corrected chi connectivity index (χ2v) is 12.5. The highest BCUT2D eigenvalue weighted by molar-refractivity contribution is 6.34. The number of nitrogens with two attached hydrogens (primary N) is 1. The molecule has 0 bridgehead atoms. The fourth-order valence-electron chi connectivity index (χ4n) is 6.42. The summed E-state index contributed by atoms with van der Waals surface area (Å²) in [5.41, 5.74) is 3.90. The first-order valence-electron chi connectivity index (χ1n) is 15.1. The van der Waals surface area contributed by atoms with Crippen molar-refractivity contribution in [2.45, 2.75) is 57.0 Å². The molecular formula is C30H33ClF5N9O2. The Labute approximate surface area is 271 Å². The summed E-state index contributed by atoms with van der Waals surface area (Å²) in [7, 11) is 0. The van der Waals surface area contributed by atoms with Crippen LogP contribution in [-0.2, 0) is 17.5 Å². The summed E-state index contributed by atoms with van der Waals surface area (Å²) in [4.78, 5) is 35.5. The number of amides is 2. The molecule has 2 aromatic rings. The summed E-state index contributed by atoms with van der Waals surface area (Å²) in [5, 5.41) is 9.73. The van der Waals surface area contributed by atoms with Gasteiger partial charge in [0.05, 0.1) is 21.8 Å². The highest BCUT2D eigenvalue weighted by atomic mass is 35.5. The number of hydrogen-bond donors (Lipinski definition) is 3. The maximum Gasteiger partial charge on any atom is 0.435 e. The van der Waals surface area contributed by atoms with Crippen molar-refractivity contribution in [3.8, 4) is 0 Å². The average molecular weight is 682 g/mol. The van der Waals surface area contributed by atoms with Gasteiger partial charge in [-0.25, -0.2) is 13.8 Å². The van der Waals surface area contributed by atoms with Crippen LogP contribution in [0, 0.1) is 5.92 Å². The molecule has 1 aromatic heterocycles. The Hall–Kier alpha value is -4.18. The third-order valence-electron chi connectivity index (χ3n) is 8.91. The largest absolute Gasteiger partial charge is 0.435 e. The van der Waals surface area contributed by atoms with Gasteiger partial charge in [0.15, 0.2) is 17.2 Å². The van der Waals surface area contributed by atoms with E-state index in [1.54, 1.807) is 34.9 Å². The molecule has 4 aliphatic rings. The van der Waals surface area contributed by atoms with Crippen molar-refractivity contribution >= 4 is 40.6 Å². The van der Waals surface area contributed by atoms with E-state index in [-0.39, 0.29) is 45.6 Å². The normalized spacial score (nSPS) is 24.3. The second-order valence-electron chi connectivity index (χ2n) is 12.1. The summed E-state index contributed by atoms with van der Waals surface area (Å²) in [5.74, 6) is 0.0510. The molecule has 1 saturated carbocycles. The minimum Gasteiger partial charge on any atom is -0.361 e. The van der Waals surface area contributed by atoms with Crippen LogP contribution >= 0.6 is 11.6 Å². The number of piperazine rings is 1. The molecule has 0 radical (unpaired) electrons. The van der Waals surface area contributed by atoms with Crippen LogP contribution in [0.3, 0.4) is 0 Å². The molecule has 1 aliphatic carbocycles. The van der Waals surface area contributed by atoms with E-state index in [9.17, 15) is 31.5 Å². The first-order valence-corrected chi connectivity index (χ1v) is 15.5. The minimum absolute atomic E-state index is 0.0541. The predicted octanol–water partition coefficient (Wildman–Crippen LogP) is 4.15. The average Bonchev–Trinajstić information content (AvgIpc) is 3.73. The number of fused-ring (bicyclic) bond motifs is 1. The van der Waals surface area contributed by atoms with Crippen molar-refractivity contribution < 1.29 is 31.5 Å². The van der Waals surface area contributed by atoms with Gasteiger partial charge in [-0.15, -0.1) is 0 Å². The molecule has 6 rings (SSSR count). The van der Waals surface area contributed by atoms with Crippen LogP contribution < -0.4 is 16.4 Å². The molecule has 0 spiro atoms. The molecule has 252 valence electrons. The maximum atomic E-state index is 13.9. The van der Waals surface area contributed by atoms with Crippen molar-refractivity contribution in [2.24, 2.45) is 16.6 Å². The number of carbonyl (C=O) groups is 2. The van der Waals surface area contributed by atoms with Gasteiger partial charge in [0.1, 0.15) is 6.54 Å². The van der Waals surface area contributed by atoms with E-state index in [1.807, 2.05) is 0 Å². The lowest BCUT2D eigenvalue weighted by molar-refractivity contribution is -0.142. The lowest BCUT2D eigenvalue weighted by atomic mass is 10.1. The first kappa shape index (κ1) is 32.7. The van der Waals surface area contributed by atoms with Crippen LogP contribution in [0.15, 0.2) is 48.0 Å². The van der Waals surface area contributed by atoms with Crippen molar-refractivity contribution in [1.82, 2.24) is 29.8 Å². The molecule has 1 aromatic carbocycles. The van der Waals surface area contributed by atoms with Crippen LogP contribution in [0.5, 0.6) is 0 Å². The SMILES string of the molecule is CC12NC=C(c3cn(CC(F)F)nc3C(F)(F)F)N1C=CN=C2Nc1ccc(C(=O)N2CCN(C(=O)[C@@H]3CC[C@@H](N)C3)CC2)c(Cl)c1. The predicted molar refractivity (Wildman–Crippen MR) is 164 cm³/mol. The number of alkyl halides is 5. The number of rotatable bonds is 6. The van der Waals surface area contributed by atoms with Crippen LogP contribution in [0.2, 0.25) is 5.02 Å².